The summed E-state index contributed by atoms with van der Waals surface area (Å²) in [6.07, 6.45) is 4.88. The molecule has 5 N–H and O–H groups in total. The summed E-state index contributed by atoms with van der Waals surface area (Å²) in [6, 6.07) is 9.35. The van der Waals surface area contributed by atoms with E-state index in [9.17, 15) is 9.90 Å². The van der Waals surface area contributed by atoms with Gasteiger partial charge in [-0.05, 0) is 49.6 Å². The van der Waals surface area contributed by atoms with E-state index in [-0.39, 0.29) is 11.6 Å². The number of aryl methyl sites for hydroxylation is 1. The first-order chi connectivity index (χ1) is 16.5. The number of nitrogens with one attached hydrogen (secondary N) is 2. The zero-order valence-corrected chi connectivity index (χ0v) is 19.2. The molecule has 0 bridgehead atoms. The Kier molecular flexibility index (Phi) is 6.16. The Morgan fingerprint density at radius 1 is 1.26 bits per heavy atom. The van der Waals surface area contributed by atoms with Crippen molar-refractivity contribution in [3.8, 4) is 11.3 Å². The Labute approximate surface area is 198 Å². The highest BCUT2D eigenvalue weighted by Crippen LogP contribution is 2.29. The smallest absolute Gasteiger partial charge is 0.276 e. The second-order valence-corrected chi connectivity index (χ2v) is 9.13. The fourth-order valence-corrected chi connectivity index (χ4v) is 4.03. The predicted molar refractivity (Wildman–Crippen MR) is 129 cm³/mol. The minimum atomic E-state index is -1.11. The molecule has 1 aliphatic carbocycles. The van der Waals surface area contributed by atoms with Crippen molar-refractivity contribution in [2.24, 2.45) is 24.6 Å². The van der Waals surface area contributed by atoms with E-state index in [0.29, 0.717) is 36.9 Å². The lowest BCUT2D eigenvalue weighted by Crippen LogP contribution is -2.52. The van der Waals surface area contributed by atoms with Crippen molar-refractivity contribution in [1.29, 1.82) is 0 Å². The first-order valence-corrected chi connectivity index (χ1v) is 11.6. The topological polar surface area (TPSA) is 134 Å². The third-order valence-corrected chi connectivity index (χ3v) is 6.28. The number of amides is 1. The van der Waals surface area contributed by atoms with E-state index in [1.807, 2.05) is 24.3 Å². The van der Waals surface area contributed by atoms with E-state index in [0.717, 1.165) is 29.5 Å². The predicted octanol–water partition coefficient (Wildman–Crippen LogP) is 1.83. The lowest BCUT2D eigenvalue weighted by Gasteiger charge is -2.38. The summed E-state index contributed by atoms with van der Waals surface area (Å²) in [5.74, 6) is 1.72. The van der Waals surface area contributed by atoms with E-state index in [4.69, 9.17) is 5.73 Å². The van der Waals surface area contributed by atoms with E-state index in [2.05, 4.69) is 25.7 Å². The molecule has 1 saturated heterocycles. The van der Waals surface area contributed by atoms with Crippen LogP contribution in [0.1, 0.15) is 35.3 Å². The van der Waals surface area contributed by atoms with Gasteiger partial charge in [0.1, 0.15) is 5.82 Å². The fraction of sp³-hybridized carbons (Fsp3) is 0.417. The number of rotatable bonds is 9. The average Bonchev–Trinajstić information content (AvgIpc) is 3.58. The van der Waals surface area contributed by atoms with Crippen LogP contribution in [0.3, 0.4) is 0 Å². The van der Waals surface area contributed by atoms with Gasteiger partial charge in [-0.3, -0.25) is 9.48 Å². The molecule has 4 heterocycles. The number of pyridine rings is 2. The molecule has 2 aliphatic rings. The quantitative estimate of drug-likeness (QED) is 0.354. The number of nitrogens with zero attached hydrogens (tertiary/aromatic N) is 5. The summed E-state index contributed by atoms with van der Waals surface area (Å²) >= 11 is 0. The minimum Gasteiger partial charge on any atom is -0.370 e. The van der Waals surface area contributed by atoms with Crippen LogP contribution in [0.15, 0.2) is 42.7 Å². The van der Waals surface area contributed by atoms with Crippen LogP contribution in [0, 0.1) is 11.8 Å². The van der Waals surface area contributed by atoms with Crippen molar-refractivity contribution in [1.82, 2.24) is 24.6 Å². The Morgan fingerprint density at radius 2 is 2.09 bits per heavy atom. The van der Waals surface area contributed by atoms with Crippen molar-refractivity contribution in [3.05, 3.63) is 54.1 Å². The second kappa shape index (κ2) is 9.40. The lowest BCUT2D eigenvalue weighted by atomic mass is 10.00. The van der Waals surface area contributed by atoms with Gasteiger partial charge in [-0.2, -0.15) is 5.10 Å². The van der Waals surface area contributed by atoms with Gasteiger partial charge in [-0.25, -0.2) is 9.97 Å². The van der Waals surface area contributed by atoms with Gasteiger partial charge in [-0.1, -0.05) is 6.07 Å². The molecule has 1 saturated carbocycles. The Bertz CT molecular complexity index is 1170. The van der Waals surface area contributed by atoms with Crippen molar-refractivity contribution in [2.45, 2.75) is 19.1 Å². The molecule has 1 unspecified atom stereocenters. The van der Waals surface area contributed by atoms with Gasteiger partial charge in [0, 0.05) is 50.6 Å². The summed E-state index contributed by atoms with van der Waals surface area (Å²) in [5, 5.41) is 21.6. The van der Waals surface area contributed by atoms with Crippen molar-refractivity contribution >= 4 is 17.4 Å². The van der Waals surface area contributed by atoms with Crippen LogP contribution in [-0.2, 0) is 7.05 Å². The number of carbonyl (C=O) groups excluding carboxylic acids is 1. The van der Waals surface area contributed by atoms with Crippen LogP contribution in [0.25, 0.3) is 11.3 Å². The van der Waals surface area contributed by atoms with Crippen LogP contribution in [0.4, 0.5) is 11.5 Å². The maximum atomic E-state index is 12.9. The third kappa shape index (κ3) is 4.87. The molecule has 0 spiro atoms. The van der Waals surface area contributed by atoms with Crippen molar-refractivity contribution in [3.63, 3.8) is 0 Å². The number of hydrogen-bond acceptors (Lipinski definition) is 8. The van der Waals surface area contributed by atoms with Crippen LogP contribution in [0.5, 0.6) is 0 Å². The van der Waals surface area contributed by atoms with E-state index < -0.39 is 6.23 Å². The highest BCUT2D eigenvalue weighted by atomic mass is 16.3. The van der Waals surface area contributed by atoms with Crippen LogP contribution >= 0.6 is 0 Å². The highest BCUT2D eigenvalue weighted by Gasteiger charge is 2.33. The molecule has 178 valence electrons. The first kappa shape index (κ1) is 22.3. The normalized spacial score (nSPS) is 16.7. The van der Waals surface area contributed by atoms with Gasteiger partial charge in [0.05, 0.1) is 17.1 Å². The zero-order chi connectivity index (χ0) is 23.7. The fourth-order valence-electron chi connectivity index (χ4n) is 4.03. The number of hydrogen-bond donors (Lipinski definition) is 4. The number of aromatic nitrogens is 4. The highest BCUT2D eigenvalue weighted by molar-refractivity contribution is 5.98. The van der Waals surface area contributed by atoms with Gasteiger partial charge < -0.3 is 26.4 Å². The van der Waals surface area contributed by atoms with E-state index in [1.165, 1.54) is 12.8 Å². The average molecular weight is 463 g/mol. The number of likely N-dealkylation sites (tertiary alicyclic amines) is 1. The van der Waals surface area contributed by atoms with Crippen LogP contribution in [-0.4, -0.2) is 61.8 Å². The van der Waals surface area contributed by atoms with E-state index in [1.54, 1.807) is 35.1 Å². The molecular formula is C24H30N8O2. The molecule has 1 amide bonds. The summed E-state index contributed by atoms with van der Waals surface area (Å²) in [6.45, 7) is 2.75. The molecule has 0 radical (unpaired) electrons. The minimum absolute atomic E-state index is 0.176. The zero-order valence-electron chi connectivity index (χ0n) is 19.2. The van der Waals surface area contributed by atoms with Crippen molar-refractivity contribution in [2.75, 3.05) is 36.8 Å². The van der Waals surface area contributed by atoms with E-state index >= 15 is 0 Å². The summed E-state index contributed by atoms with van der Waals surface area (Å²) < 4.78 is 1.56. The molecule has 5 rings (SSSR count). The van der Waals surface area contributed by atoms with Gasteiger partial charge in [0.25, 0.3) is 5.91 Å². The molecular weight excluding hydrogens is 432 g/mol. The van der Waals surface area contributed by atoms with Gasteiger partial charge in [0.2, 0.25) is 0 Å². The molecule has 2 fully saturated rings. The number of anilines is 2. The first-order valence-electron chi connectivity index (χ1n) is 11.6. The monoisotopic (exact) mass is 462 g/mol. The Morgan fingerprint density at radius 3 is 2.85 bits per heavy atom. The van der Waals surface area contributed by atoms with Gasteiger partial charge in [-0.15, -0.1) is 0 Å². The summed E-state index contributed by atoms with van der Waals surface area (Å²) in [7, 11) is 1.74. The van der Waals surface area contributed by atoms with Gasteiger partial charge in [0.15, 0.2) is 11.9 Å². The lowest BCUT2D eigenvalue weighted by molar-refractivity contribution is 0.0509. The SMILES string of the molecule is Cn1cc(NC(O)c2cccc(-c3ccnc(NCC4CC4)c3)n2)c(C(=O)N2CC(CN)C2)n1. The molecule has 0 aromatic carbocycles. The number of carbonyl (C=O) groups is 1. The molecule has 3 aromatic rings. The maximum Gasteiger partial charge on any atom is 0.276 e. The van der Waals surface area contributed by atoms with Crippen LogP contribution < -0.4 is 16.4 Å². The second-order valence-electron chi connectivity index (χ2n) is 9.13. The van der Waals surface area contributed by atoms with Gasteiger partial charge >= 0.3 is 0 Å². The number of nitrogens with two attached hydrogens (primary N) is 1. The Hall–Kier alpha value is -3.50. The molecule has 34 heavy (non-hydrogen) atoms. The standard InChI is InChI=1S/C24H30N8O2/c1-31-14-20(22(30-31)24(34)32-12-16(10-25)13-32)29-23(33)19-4-2-3-18(28-19)17-7-8-26-21(9-17)27-11-15-5-6-15/h2-4,7-9,14-16,23,29,33H,5-6,10-13,25H2,1H3,(H,26,27). The number of aliphatic hydroxyl groups is 1. The van der Waals surface area contributed by atoms with Crippen LogP contribution in [0.2, 0.25) is 0 Å². The van der Waals surface area contributed by atoms with Crippen molar-refractivity contribution < 1.29 is 9.90 Å². The summed E-state index contributed by atoms with van der Waals surface area (Å²) in [5.41, 5.74) is 8.48. The summed E-state index contributed by atoms with van der Waals surface area (Å²) in [4.78, 5) is 23.6. The largest absolute Gasteiger partial charge is 0.370 e. The molecule has 1 aliphatic heterocycles. The molecule has 10 nitrogen and oxygen atoms in total. The maximum absolute atomic E-state index is 12.9. The molecule has 3 aromatic heterocycles. The number of aliphatic hydroxyl groups excluding tert-OH is 1. The molecule has 10 heteroatoms. The third-order valence-electron chi connectivity index (χ3n) is 6.28. The Balaban J connectivity index is 1.30. The molecule has 1 atom stereocenters.